The summed E-state index contributed by atoms with van der Waals surface area (Å²) in [7, 11) is 0. The number of hydrogen-bond donors (Lipinski definition) is 0. The van der Waals surface area contributed by atoms with Crippen LogP contribution in [0.4, 0.5) is 0 Å². The Balaban J connectivity index is 2.18. The van der Waals surface area contributed by atoms with Gasteiger partial charge in [0.05, 0.1) is 21.7 Å². The average molecular weight is 267 g/mol. The molecule has 17 heavy (non-hydrogen) atoms. The molecule has 1 heterocycles. The maximum absolute atomic E-state index is 12.3. The van der Waals surface area contributed by atoms with Gasteiger partial charge in [-0.2, -0.15) is 5.26 Å². The first-order valence-corrected chi connectivity index (χ1v) is 6.11. The Labute approximate surface area is 109 Å². The molecule has 1 fully saturated rings. The van der Waals surface area contributed by atoms with Crippen LogP contribution in [0.3, 0.4) is 0 Å². The van der Waals surface area contributed by atoms with Crippen LogP contribution in [0.2, 0.25) is 10.0 Å². The van der Waals surface area contributed by atoms with Crippen LogP contribution in [-0.4, -0.2) is 16.8 Å². The number of amides is 1. The van der Waals surface area contributed by atoms with Gasteiger partial charge < -0.3 is 4.90 Å². The molecule has 0 bridgehead atoms. The third-order valence-corrected chi connectivity index (χ3v) is 4.02. The average Bonchev–Trinajstić information content (AvgIpc) is 3.09. The van der Waals surface area contributed by atoms with Crippen molar-refractivity contribution in [3.8, 4) is 6.07 Å². The zero-order valence-corrected chi connectivity index (χ0v) is 10.3. The van der Waals surface area contributed by atoms with Crippen LogP contribution in [0.5, 0.6) is 0 Å². The third kappa shape index (κ3) is 1.45. The lowest BCUT2D eigenvalue weighted by atomic mass is 10.1. The lowest BCUT2D eigenvalue weighted by Crippen LogP contribution is -2.29. The van der Waals surface area contributed by atoms with E-state index < -0.39 is 6.04 Å². The number of nitrogens with zero attached hydrogens (tertiary/aromatic N) is 2. The molecule has 5 heteroatoms. The van der Waals surface area contributed by atoms with Crippen molar-refractivity contribution in [2.75, 3.05) is 0 Å². The van der Waals surface area contributed by atoms with Crippen molar-refractivity contribution in [3.05, 3.63) is 33.3 Å². The summed E-state index contributed by atoms with van der Waals surface area (Å²) in [6, 6.07) is 5.20. The summed E-state index contributed by atoms with van der Waals surface area (Å²) in [6.45, 7) is 0. The number of halogens is 2. The molecule has 1 aromatic rings. The number of hydrogen-bond acceptors (Lipinski definition) is 2. The van der Waals surface area contributed by atoms with Gasteiger partial charge in [-0.1, -0.05) is 29.3 Å². The number of fused-ring (bicyclic) bond motifs is 1. The molecule has 0 saturated heterocycles. The van der Waals surface area contributed by atoms with Crippen LogP contribution in [0.25, 0.3) is 0 Å². The molecule has 2 aliphatic rings. The molecule has 1 aliphatic carbocycles. The Morgan fingerprint density at radius 2 is 2.06 bits per heavy atom. The highest BCUT2D eigenvalue weighted by molar-refractivity contribution is 6.44. The second-order valence-corrected chi connectivity index (χ2v) is 5.09. The first kappa shape index (κ1) is 10.9. The van der Waals surface area contributed by atoms with Gasteiger partial charge in [0.1, 0.15) is 6.04 Å². The van der Waals surface area contributed by atoms with Crippen molar-refractivity contribution in [3.63, 3.8) is 0 Å². The Morgan fingerprint density at radius 3 is 2.65 bits per heavy atom. The van der Waals surface area contributed by atoms with Crippen molar-refractivity contribution in [2.24, 2.45) is 0 Å². The SMILES string of the molecule is N#CC1c2ccc(Cl)c(Cl)c2C(=O)N1C1CC1. The van der Waals surface area contributed by atoms with E-state index in [0.29, 0.717) is 16.1 Å². The van der Waals surface area contributed by atoms with Crippen LogP contribution >= 0.6 is 23.2 Å². The highest BCUT2D eigenvalue weighted by Crippen LogP contribution is 2.45. The molecule has 1 aromatic carbocycles. The molecule has 3 rings (SSSR count). The number of nitriles is 1. The van der Waals surface area contributed by atoms with Gasteiger partial charge in [0.25, 0.3) is 5.91 Å². The number of carbonyl (C=O) groups excluding carboxylic acids is 1. The van der Waals surface area contributed by atoms with Gasteiger partial charge >= 0.3 is 0 Å². The summed E-state index contributed by atoms with van der Waals surface area (Å²) in [5, 5.41) is 9.83. The monoisotopic (exact) mass is 266 g/mol. The van der Waals surface area contributed by atoms with E-state index >= 15 is 0 Å². The fourth-order valence-electron chi connectivity index (χ4n) is 2.27. The summed E-state index contributed by atoms with van der Waals surface area (Å²) in [6.07, 6.45) is 1.92. The highest BCUT2D eigenvalue weighted by Gasteiger charge is 2.46. The number of benzene rings is 1. The summed E-state index contributed by atoms with van der Waals surface area (Å²) < 4.78 is 0. The van der Waals surface area contributed by atoms with Gasteiger partial charge in [-0.05, 0) is 18.9 Å². The third-order valence-electron chi connectivity index (χ3n) is 3.21. The van der Waals surface area contributed by atoms with Gasteiger partial charge in [0.2, 0.25) is 0 Å². The Bertz CT molecular complexity index is 560. The normalized spacial score (nSPS) is 22.5. The quantitative estimate of drug-likeness (QED) is 0.784. The number of rotatable bonds is 1. The van der Waals surface area contributed by atoms with Crippen LogP contribution in [0.1, 0.15) is 34.8 Å². The van der Waals surface area contributed by atoms with E-state index in [-0.39, 0.29) is 17.0 Å². The maximum Gasteiger partial charge on any atom is 0.257 e. The lowest BCUT2D eigenvalue weighted by Gasteiger charge is -2.18. The van der Waals surface area contributed by atoms with Gasteiger partial charge in [-0.25, -0.2) is 0 Å². The topological polar surface area (TPSA) is 44.1 Å². The van der Waals surface area contributed by atoms with E-state index in [1.54, 1.807) is 17.0 Å². The van der Waals surface area contributed by atoms with Crippen LogP contribution in [0.15, 0.2) is 12.1 Å². The molecule has 0 spiro atoms. The predicted octanol–water partition coefficient (Wildman–Crippen LogP) is 3.18. The largest absolute Gasteiger partial charge is 0.315 e. The zero-order valence-electron chi connectivity index (χ0n) is 8.78. The second kappa shape index (κ2) is 3.63. The van der Waals surface area contributed by atoms with Gasteiger partial charge in [-0.15, -0.1) is 0 Å². The summed E-state index contributed by atoms with van der Waals surface area (Å²) in [5.41, 5.74) is 1.08. The molecule has 0 N–H and O–H groups in total. The molecular weight excluding hydrogens is 259 g/mol. The molecule has 0 aromatic heterocycles. The smallest absolute Gasteiger partial charge is 0.257 e. The molecule has 1 saturated carbocycles. The molecule has 1 aliphatic heterocycles. The van der Waals surface area contributed by atoms with E-state index in [1.165, 1.54) is 0 Å². The van der Waals surface area contributed by atoms with E-state index in [1.807, 2.05) is 0 Å². The Hall–Kier alpha value is -1.24. The first-order valence-electron chi connectivity index (χ1n) is 5.35. The second-order valence-electron chi connectivity index (χ2n) is 4.30. The van der Waals surface area contributed by atoms with Gasteiger partial charge in [0.15, 0.2) is 0 Å². The molecule has 1 unspecified atom stereocenters. The minimum absolute atomic E-state index is 0.165. The van der Waals surface area contributed by atoms with Crippen molar-refractivity contribution >= 4 is 29.1 Å². The first-order chi connectivity index (χ1) is 8.15. The molecular formula is C12H8Cl2N2O. The fraction of sp³-hybridized carbons (Fsp3) is 0.333. The fourth-order valence-corrected chi connectivity index (χ4v) is 2.68. The Kier molecular flexibility index (Phi) is 2.32. The van der Waals surface area contributed by atoms with Gasteiger partial charge in [0, 0.05) is 11.6 Å². The summed E-state index contributed by atoms with van der Waals surface area (Å²) >= 11 is 12.0. The van der Waals surface area contributed by atoms with Crippen molar-refractivity contribution in [1.82, 2.24) is 4.90 Å². The zero-order chi connectivity index (χ0) is 12.2. The van der Waals surface area contributed by atoms with E-state index in [0.717, 1.165) is 12.8 Å². The molecule has 1 atom stereocenters. The lowest BCUT2D eigenvalue weighted by molar-refractivity contribution is 0.0744. The minimum Gasteiger partial charge on any atom is -0.315 e. The number of carbonyl (C=O) groups is 1. The summed E-state index contributed by atoms with van der Waals surface area (Å²) in [5.74, 6) is -0.165. The molecule has 1 amide bonds. The van der Waals surface area contributed by atoms with E-state index in [4.69, 9.17) is 23.2 Å². The van der Waals surface area contributed by atoms with Crippen LogP contribution in [-0.2, 0) is 0 Å². The van der Waals surface area contributed by atoms with E-state index in [2.05, 4.69) is 6.07 Å². The van der Waals surface area contributed by atoms with Crippen molar-refractivity contribution in [1.29, 1.82) is 5.26 Å². The summed E-state index contributed by atoms with van der Waals surface area (Å²) in [4.78, 5) is 13.9. The van der Waals surface area contributed by atoms with Crippen molar-refractivity contribution in [2.45, 2.75) is 24.9 Å². The molecule has 86 valence electrons. The minimum atomic E-state index is -0.514. The van der Waals surface area contributed by atoms with Crippen molar-refractivity contribution < 1.29 is 4.79 Å². The standard InChI is InChI=1S/C12H8Cl2N2O/c13-8-4-3-7-9(5-15)16(6-1-2-6)12(17)10(7)11(8)14/h3-4,6,9H,1-2H2. The maximum atomic E-state index is 12.3. The predicted molar refractivity (Wildman–Crippen MR) is 64.0 cm³/mol. The van der Waals surface area contributed by atoms with Crippen LogP contribution in [0, 0.1) is 11.3 Å². The highest BCUT2D eigenvalue weighted by atomic mass is 35.5. The van der Waals surface area contributed by atoms with Crippen LogP contribution < -0.4 is 0 Å². The Morgan fingerprint density at radius 1 is 1.35 bits per heavy atom. The van der Waals surface area contributed by atoms with Gasteiger partial charge in [-0.3, -0.25) is 4.79 Å². The van der Waals surface area contributed by atoms with E-state index in [9.17, 15) is 10.1 Å². The molecule has 0 radical (unpaired) electrons. The molecule has 3 nitrogen and oxygen atoms in total.